The average molecular weight is 302 g/mol. The molecule has 0 aliphatic carbocycles. The van der Waals surface area contributed by atoms with Crippen LogP contribution in [-0.2, 0) is 9.47 Å². The molecule has 0 aromatic rings. The van der Waals surface area contributed by atoms with E-state index in [2.05, 4.69) is 26.2 Å². The Kier molecular flexibility index (Phi) is 5.77. The minimum Gasteiger partial charge on any atom is -0.381 e. The second-order valence-corrected chi connectivity index (χ2v) is 8.94. The van der Waals surface area contributed by atoms with Gasteiger partial charge in [-0.05, 0) is 31.6 Å². The number of hydrogen-bond donors (Lipinski definition) is 2. The lowest BCUT2D eigenvalue weighted by atomic mass is 9.78. The fraction of sp³-hybridized carbons (Fsp3) is 1.00. The van der Waals surface area contributed by atoms with Crippen LogP contribution in [0.3, 0.4) is 0 Å². The maximum Gasteiger partial charge on any atom is 0.0729 e. The molecule has 118 valence electrons. The van der Waals surface area contributed by atoms with E-state index >= 15 is 0 Å². The first-order valence-corrected chi connectivity index (χ1v) is 8.74. The van der Waals surface area contributed by atoms with Gasteiger partial charge in [-0.2, -0.15) is 11.8 Å². The monoisotopic (exact) mass is 302 g/mol. The van der Waals surface area contributed by atoms with Gasteiger partial charge in [-0.3, -0.25) is 11.3 Å². The van der Waals surface area contributed by atoms with E-state index in [9.17, 15) is 0 Å². The van der Waals surface area contributed by atoms with Gasteiger partial charge < -0.3 is 9.47 Å². The molecule has 2 fully saturated rings. The number of ether oxygens (including phenoxy) is 2. The number of nitrogens with one attached hydrogen (secondary N) is 1. The van der Waals surface area contributed by atoms with Crippen molar-refractivity contribution < 1.29 is 9.47 Å². The summed E-state index contributed by atoms with van der Waals surface area (Å²) < 4.78 is 11.9. The van der Waals surface area contributed by atoms with Crippen LogP contribution in [0.4, 0.5) is 0 Å². The Morgan fingerprint density at radius 3 is 2.60 bits per heavy atom. The van der Waals surface area contributed by atoms with Crippen LogP contribution >= 0.6 is 11.8 Å². The molecule has 3 N–H and O–H groups in total. The van der Waals surface area contributed by atoms with Gasteiger partial charge in [-0.1, -0.05) is 20.8 Å². The summed E-state index contributed by atoms with van der Waals surface area (Å²) in [6.07, 6.45) is 4.30. The molecule has 2 aliphatic rings. The van der Waals surface area contributed by atoms with Gasteiger partial charge in [0.15, 0.2) is 0 Å². The molecule has 2 aliphatic heterocycles. The summed E-state index contributed by atoms with van der Waals surface area (Å²) >= 11 is 1.99. The van der Waals surface area contributed by atoms with E-state index in [0.29, 0.717) is 12.0 Å². The molecule has 2 unspecified atom stereocenters. The SMILES string of the molecule is CC(C)(C)SCC(NN)C1CCOC2(CCOCC2)C1. The van der Waals surface area contributed by atoms with Crippen molar-refractivity contribution in [3.8, 4) is 0 Å². The van der Waals surface area contributed by atoms with E-state index in [-0.39, 0.29) is 10.3 Å². The number of hydrogen-bond acceptors (Lipinski definition) is 5. The molecular weight excluding hydrogens is 272 g/mol. The Hall–Kier alpha value is 0.190. The van der Waals surface area contributed by atoms with Crippen molar-refractivity contribution in [2.24, 2.45) is 11.8 Å². The summed E-state index contributed by atoms with van der Waals surface area (Å²) in [5, 5.41) is 0. The fourth-order valence-corrected chi connectivity index (χ4v) is 4.21. The molecule has 20 heavy (non-hydrogen) atoms. The first-order chi connectivity index (χ1) is 9.44. The standard InChI is InChI=1S/C15H30N2O2S/c1-14(2,3)20-11-13(17-16)12-4-7-19-15(10-12)5-8-18-9-6-15/h12-13,17H,4-11,16H2,1-3H3. The lowest BCUT2D eigenvalue weighted by Gasteiger charge is -2.45. The van der Waals surface area contributed by atoms with E-state index in [1.54, 1.807) is 0 Å². The van der Waals surface area contributed by atoms with Crippen LogP contribution in [-0.4, -0.2) is 42.0 Å². The lowest BCUT2D eigenvalue weighted by molar-refractivity contribution is -0.149. The van der Waals surface area contributed by atoms with Gasteiger partial charge in [0.25, 0.3) is 0 Å². The minimum absolute atomic E-state index is 0.0582. The maximum atomic E-state index is 6.12. The van der Waals surface area contributed by atoms with Gasteiger partial charge in [0, 0.05) is 36.4 Å². The van der Waals surface area contributed by atoms with E-state index in [1.807, 2.05) is 11.8 Å². The molecule has 1 spiro atoms. The Balaban J connectivity index is 1.92. The summed E-state index contributed by atoms with van der Waals surface area (Å²) in [5.41, 5.74) is 3.12. The molecular formula is C15H30N2O2S. The molecule has 2 rings (SSSR count). The van der Waals surface area contributed by atoms with Crippen LogP contribution in [0, 0.1) is 5.92 Å². The molecule has 0 saturated carbocycles. The van der Waals surface area contributed by atoms with Crippen molar-refractivity contribution in [1.82, 2.24) is 5.43 Å². The number of rotatable bonds is 4. The smallest absolute Gasteiger partial charge is 0.0729 e. The molecule has 0 amide bonds. The quantitative estimate of drug-likeness (QED) is 0.616. The van der Waals surface area contributed by atoms with E-state index in [0.717, 1.165) is 51.3 Å². The maximum absolute atomic E-state index is 6.12. The third kappa shape index (κ3) is 4.60. The van der Waals surface area contributed by atoms with Crippen molar-refractivity contribution in [2.45, 2.75) is 62.8 Å². The first kappa shape index (κ1) is 16.6. The van der Waals surface area contributed by atoms with Crippen LogP contribution in [0.1, 0.15) is 46.5 Å². The van der Waals surface area contributed by atoms with Crippen LogP contribution in [0.2, 0.25) is 0 Å². The fourth-order valence-electron chi connectivity index (χ4n) is 3.16. The summed E-state index contributed by atoms with van der Waals surface area (Å²) in [7, 11) is 0. The van der Waals surface area contributed by atoms with Gasteiger partial charge in [0.1, 0.15) is 0 Å². The summed E-state index contributed by atoms with van der Waals surface area (Å²) in [4.78, 5) is 0. The van der Waals surface area contributed by atoms with E-state index < -0.39 is 0 Å². The van der Waals surface area contributed by atoms with Crippen LogP contribution in [0.15, 0.2) is 0 Å². The van der Waals surface area contributed by atoms with Crippen molar-refractivity contribution in [3.63, 3.8) is 0 Å². The van der Waals surface area contributed by atoms with Crippen molar-refractivity contribution in [1.29, 1.82) is 0 Å². The molecule has 2 saturated heterocycles. The normalized spacial score (nSPS) is 28.5. The summed E-state index contributed by atoms with van der Waals surface area (Å²) in [5.74, 6) is 7.50. The van der Waals surface area contributed by atoms with Crippen LogP contribution in [0.5, 0.6) is 0 Å². The molecule has 0 aromatic heterocycles. The topological polar surface area (TPSA) is 56.5 Å². The average Bonchev–Trinajstić information content (AvgIpc) is 2.39. The zero-order valence-electron chi connectivity index (χ0n) is 13.1. The number of nitrogens with two attached hydrogens (primary N) is 1. The van der Waals surface area contributed by atoms with Gasteiger partial charge in [-0.15, -0.1) is 0 Å². The highest BCUT2D eigenvalue weighted by molar-refractivity contribution is 8.00. The van der Waals surface area contributed by atoms with Gasteiger partial charge in [0.2, 0.25) is 0 Å². The predicted octanol–water partition coefficient (Wildman–Crippen LogP) is 2.33. The van der Waals surface area contributed by atoms with E-state index in [1.165, 1.54) is 0 Å². The predicted molar refractivity (Wildman–Crippen MR) is 84.8 cm³/mol. The van der Waals surface area contributed by atoms with Crippen LogP contribution in [0.25, 0.3) is 0 Å². The molecule has 4 nitrogen and oxygen atoms in total. The summed E-state index contributed by atoms with van der Waals surface area (Å²) in [6, 6.07) is 0.378. The van der Waals surface area contributed by atoms with Gasteiger partial charge in [-0.25, -0.2) is 0 Å². The summed E-state index contributed by atoms with van der Waals surface area (Å²) in [6.45, 7) is 9.32. The third-order valence-corrected chi connectivity index (χ3v) is 5.81. The Morgan fingerprint density at radius 1 is 1.30 bits per heavy atom. The Morgan fingerprint density at radius 2 is 2.00 bits per heavy atom. The lowest BCUT2D eigenvalue weighted by Crippen LogP contribution is -2.51. The Bertz CT molecular complexity index is 295. The zero-order valence-corrected chi connectivity index (χ0v) is 13.9. The second kappa shape index (κ2) is 6.97. The van der Waals surface area contributed by atoms with Crippen molar-refractivity contribution in [2.75, 3.05) is 25.6 Å². The molecule has 0 bridgehead atoms. The molecule has 0 aromatic carbocycles. The molecule has 2 heterocycles. The first-order valence-electron chi connectivity index (χ1n) is 7.76. The second-order valence-electron chi connectivity index (χ2n) is 7.09. The van der Waals surface area contributed by atoms with Crippen molar-refractivity contribution in [3.05, 3.63) is 0 Å². The number of hydrazine groups is 1. The van der Waals surface area contributed by atoms with Gasteiger partial charge in [0.05, 0.1) is 5.60 Å². The highest BCUT2D eigenvalue weighted by Gasteiger charge is 2.41. The third-order valence-electron chi connectivity index (χ3n) is 4.41. The van der Waals surface area contributed by atoms with Crippen LogP contribution < -0.4 is 11.3 Å². The Labute approximate surface area is 127 Å². The molecule has 2 atom stereocenters. The zero-order chi connectivity index (χ0) is 14.6. The van der Waals surface area contributed by atoms with Crippen molar-refractivity contribution >= 4 is 11.8 Å². The number of thioether (sulfide) groups is 1. The highest BCUT2D eigenvalue weighted by atomic mass is 32.2. The van der Waals surface area contributed by atoms with E-state index in [4.69, 9.17) is 15.3 Å². The largest absolute Gasteiger partial charge is 0.381 e. The molecule has 5 heteroatoms. The van der Waals surface area contributed by atoms with Gasteiger partial charge >= 0.3 is 0 Å². The minimum atomic E-state index is 0.0582. The highest BCUT2D eigenvalue weighted by Crippen LogP contribution is 2.39. The molecule has 0 radical (unpaired) electrons.